The van der Waals surface area contributed by atoms with Crippen LogP contribution >= 0.6 is 0 Å². The summed E-state index contributed by atoms with van der Waals surface area (Å²) in [6, 6.07) is 18.1. The number of nitrogens with zero attached hydrogens (tertiary/aromatic N) is 1. The van der Waals surface area contributed by atoms with E-state index in [1.165, 1.54) is 24.3 Å². The number of hydrogen-bond acceptors (Lipinski definition) is 5. The van der Waals surface area contributed by atoms with Crippen LogP contribution in [0.25, 0.3) is 10.9 Å². The molecule has 8 nitrogen and oxygen atoms in total. The highest BCUT2D eigenvalue weighted by Gasteiger charge is 2.28. The first-order valence-electron chi connectivity index (χ1n) is 12.7. The van der Waals surface area contributed by atoms with E-state index in [0.717, 1.165) is 33.3 Å². The van der Waals surface area contributed by atoms with Crippen molar-refractivity contribution >= 4 is 26.9 Å². The molecule has 3 aromatic carbocycles. The van der Waals surface area contributed by atoms with Gasteiger partial charge in [0, 0.05) is 29.6 Å². The molecule has 208 valence electrons. The monoisotopic (exact) mass is 560 g/mol. The molecule has 0 fully saturated rings. The lowest BCUT2D eigenvalue weighted by Crippen LogP contribution is -2.42. The lowest BCUT2D eigenvalue weighted by molar-refractivity contribution is -0.138. The fraction of sp³-hybridized carbons (Fsp3) is 0.258. The number of sulfonamides is 1. The number of carbonyl (C=O) groups is 1. The van der Waals surface area contributed by atoms with Crippen LogP contribution in [0.4, 0.5) is 0 Å². The second-order valence-corrected chi connectivity index (χ2v) is 11.1. The fourth-order valence-electron chi connectivity index (χ4n) is 4.62. The van der Waals surface area contributed by atoms with Crippen molar-refractivity contribution in [3.8, 4) is 23.3 Å². The lowest BCUT2D eigenvalue weighted by atomic mass is 10.0. The van der Waals surface area contributed by atoms with Gasteiger partial charge >= 0.3 is 5.97 Å². The van der Waals surface area contributed by atoms with Crippen molar-refractivity contribution in [2.45, 2.75) is 44.7 Å². The van der Waals surface area contributed by atoms with Crippen molar-refractivity contribution in [3.05, 3.63) is 89.1 Å². The van der Waals surface area contributed by atoms with Crippen LogP contribution in [0, 0.1) is 25.7 Å². The predicted molar refractivity (Wildman–Crippen MR) is 154 cm³/mol. The summed E-state index contributed by atoms with van der Waals surface area (Å²) < 4.78 is 41.8. The van der Waals surface area contributed by atoms with Crippen LogP contribution in [-0.4, -0.2) is 43.8 Å². The molecule has 1 heterocycles. The van der Waals surface area contributed by atoms with Gasteiger partial charge in [-0.05, 0) is 79.9 Å². The number of aromatic nitrogens is 1. The van der Waals surface area contributed by atoms with Crippen LogP contribution in [0.5, 0.6) is 11.5 Å². The average molecular weight is 561 g/mol. The Hall–Kier alpha value is -4.26. The van der Waals surface area contributed by atoms with E-state index in [1.54, 1.807) is 14.0 Å². The molecular weight excluding hydrogens is 528 g/mol. The van der Waals surface area contributed by atoms with Crippen molar-refractivity contribution in [2.75, 3.05) is 13.7 Å². The zero-order valence-electron chi connectivity index (χ0n) is 22.9. The van der Waals surface area contributed by atoms with Gasteiger partial charge in [0.25, 0.3) is 0 Å². The average Bonchev–Trinajstić information content (AvgIpc) is 3.19. The third-order valence-electron chi connectivity index (χ3n) is 6.88. The van der Waals surface area contributed by atoms with E-state index in [0.29, 0.717) is 18.0 Å². The number of methoxy groups -OCH3 is 1. The molecule has 0 bridgehead atoms. The van der Waals surface area contributed by atoms with Gasteiger partial charge in [0.2, 0.25) is 10.0 Å². The third kappa shape index (κ3) is 6.30. The number of benzene rings is 3. The third-order valence-corrected chi connectivity index (χ3v) is 8.36. The first kappa shape index (κ1) is 28.7. The maximum atomic E-state index is 13.2. The fourth-order valence-corrected chi connectivity index (χ4v) is 5.81. The van der Waals surface area contributed by atoms with Crippen molar-refractivity contribution in [2.24, 2.45) is 0 Å². The molecule has 0 saturated heterocycles. The Morgan fingerprint density at radius 2 is 1.75 bits per heavy atom. The number of ether oxygens (including phenoxy) is 2. The number of fused-ring (bicyclic) bond motifs is 1. The van der Waals surface area contributed by atoms with Gasteiger partial charge < -0.3 is 19.1 Å². The zero-order valence-corrected chi connectivity index (χ0v) is 23.7. The molecule has 0 aliphatic rings. The molecule has 1 aromatic heterocycles. The minimum absolute atomic E-state index is 0.0539. The molecule has 4 rings (SSSR count). The standard InChI is InChI=1S/C31H32N2O6S/c1-5-6-17-39-24-11-14-26(15-12-24)40(36,37)32-29(31(34)35)19-27-22(3)33(20-23-10-8-7-9-21(23)2)30-16-13-25(38-4)18-28(27)30/h7-16,18,29,32H,17,19-20H2,1-4H3,(H,34,35)/t29-/m0/s1. The summed E-state index contributed by atoms with van der Waals surface area (Å²) in [5.74, 6) is 5.30. The topological polar surface area (TPSA) is 107 Å². The molecule has 0 unspecified atom stereocenters. The van der Waals surface area contributed by atoms with Crippen molar-refractivity contribution < 1.29 is 27.8 Å². The summed E-state index contributed by atoms with van der Waals surface area (Å²) in [6.45, 7) is 6.44. The molecule has 0 aliphatic carbocycles. The molecule has 2 N–H and O–H groups in total. The number of rotatable bonds is 11. The van der Waals surface area contributed by atoms with E-state index in [4.69, 9.17) is 9.47 Å². The molecular formula is C31H32N2O6S. The maximum Gasteiger partial charge on any atom is 0.322 e. The van der Waals surface area contributed by atoms with Crippen LogP contribution in [-0.2, 0) is 27.8 Å². The second-order valence-electron chi connectivity index (χ2n) is 9.36. The van der Waals surface area contributed by atoms with Crippen LogP contribution in [0.15, 0.2) is 71.6 Å². The van der Waals surface area contributed by atoms with Gasteiger partial charge in [0.1, 0.15) is 24.1 Å². The number of aliphatic carboxylic acids is 1. The van der Waals surface area contributed by atoms with Crippen LogP contribution < -0.4 is 14.2 Å². The van der Waals surface area contributed by atoms with Crippen molar-refractivity contribution in [1.82, 2.24) is 9.29 Å². The number of nitrogens with one attached hydrogen (secondary N) is 1. The highest BCUT2D eigenvalue weighted by molar-refractivity contribution is 7.89. The summed E-state index contributed by atoms with van der Waals surface area (Å²) in [4.78, 5) is 12.3. The number of aryl methyl sites for hydroxylation is 1. The minimum atomic E-state index is -4.14. The lowest BCUT2D eigenvalue weighted by Gasteiger charge is -2.16. The maximum absolute atomic E-state index is 13.2. The molecule has 0 spiro atoms. The summed E-state index contributed by atoms with van der Waals surface area (Å²) in [7, 11) is -2.57. The Kier molecular flexibility index (Phi) is 8.83. The summed E-state index contributed by atoms with van der Waals surface area (Å²) in [5, 5.41) is 10.9. The number of carboxylic acid groups (broad SMARTS) is 1. The molecule has 0 radical (unpaired) electrons. The zero-order chi connectivity index (χ0) is 28.9. The normalized spacial score (nSPS) is 12.0. The smallest absolute Gasteiger partial charge is 0.322 e. The van der Waals surface area contributed by atoms with Gasteiger partial charge in [-0.2, -0.15) is 4.72 Å². The van der Waals surface area contributed by atoms with E-state index in [-0.39, 0.29) is 17.9 Å². The van der Waals surface area contributed by atoms with Gasteiger partial charge in [-0.1, -0.05) is 30.2 Å². The SMILES string of the molecule is CC#CCOc1ccc(S(=O)(=O)N[C@@H](Cc2c(C)n(Cc3ccccc3C)c3ccc(OC)cc23)C(=O)O)cc1. The summed E-state index contributed by atoms with van der Waals surface area (Å²) >= 11 is 0. The quantitative estimate of drug-likeness (QED) is 0.258. The molecule has 4 aromatic rings. The van der Waals surface area contributed by atoms with E-state index < -0.39 is 22.0 Å². The summed E-state index contributed by atoms with van der Waals surface area (Å²) in [6.07, 6.45) is -0.0539. The van der Waals surface area contributed by atoms with Gasteiger partial charge in [0.15, 0.2) is 0 Å². The van der Waals surface area contributed by atoms with Crippen molar-refractivity contribution in [3.63, 3.8) is 0 Å². The molecule has 0 saturated carbocycles. The van der Waals surface area contributed by atoms with E-state index in [2.05, 4.69) is 27.2 Å². The van der Waals surface area contributed by atoms with Gasteiger partial charge in [-0.3, -0.25) is 4.79 Å². The highest BCUT2D eigenvalue weighted by Crippen LogP contribution is 2.32. The first-order chi connectivity index (χ1) is 19.1. The van der Waals surface area contributed by atoms with E-state index in [1.807, 2.05) is 50.2 Å². The van der Waals surface area contributed by atoms with Gasteiger partial charge in [0.05, 0.1) is 12.0 Å². The summed E-state index contributed by atoms with van der Waals surface area (Å²) in [5.41, 5.74) is 4.78. The van der Waals surface area contributed by atoms with E-state index >= 15 is 0 Å². The van der Waals surface area contributed by atoms with Crippen LogP contribution in [0.2, 0.25) is 0 Å². The molecule has 0 aliphatic heterocycles. The highest BCUT2D eigenvalue weighted by atomic mass is 32.2. The molecule has 0 amide bonds. The van der Waals surface area contributed by atoms with E-state index in [9.17, 15) is 18.3 Å². The molecule has 1 atom stereocenters. The van der Waals surface area contributed by atoms with Crippen LogP contribution in [0.3, 0.4) is 0 Å². The Balaban J connectivity index is 1.67. The largest absolute Gasteiger partial charge is 0.497 e. The van der Waals surface area contributed by atoms with Crippen molar-refractivity contribution in [1.29, 1.82) is 0 Å². The van der Waals surface area contributed by atoms with Gasteiger partial charge in [-0.15, -0.1) is 5.92 Å². The Labute approximate surface area is 234 Å². The van der Waals surface area contributed by atoms with Gasteiger partial charge in [-0.25, -0.2) is 8.42 Å². The predicted octanol–water partition coefficient (Wildman–Crippen LogP) is 4.69. The molecule has 9 heteroatoms. The first-order valence-corrected chi connectivity index (χ1v) is 14.2. The minimum Gasteiger partial charge on any atom is -0.497 e. The van der Waals surface area contributed by atoms with Crippen LogP contribution in [0.1, 0.15) is 29.3 Å². The molecule has 40 heavy (non-hydrogen) atoms. The second kappa shape index (κ2) is 12.3. The Morgan fingerprint density at radius 1 is 1.05 bits per heavy atom. The Bertz CT molecular complexity index is 1700. The number of hydrogen-bond donors (Lipinski definition) is 2. The number of carboxylic acids is 1. The Morgan fingerprint density at radius 3 is 2.40 bits per heavy atom.